The third-order valence-corrected chi connectivity index (χ3v) is 15.6. The molecule has 0 saturated carbocycles. The highest BCUT2D eigenvalue weighted by molar-refractivity contribution is 6.30. The topological polar surface area (TPSA) is 267 Å². The Kier molecular flexibility index (Phi) is 20.3. The Balaban J connectivity index is 1.11. The van der Waals surface area contributed by atoms with Crippen LogP contribution in [0.2, 0.25) is 5.02 Å². The number of aromatic nitrogens is 1. The smallest absolute Gasteiger partial charge is 0.407 e. The first-order valence-corrected chi connectivity index (χ1v) is 28.5. The van der Waals surface area contributed by atoms with Crippen LogP contribution in [-0.2, 0) is 65.8 Å². The van der Waals surface area contributed by atoms with E-state index in [2.05, 4.69) is 42.2 Å². The molecule has 6 aromatic rings. The van der Waals surface area contributed by atoms with Crippen molar-refractivity contribution < 1.29 is 43.0 Å². The first kappa shape index (κ1) is 58.4. The van der Waals surface area contributed by atoms with Gasteiger partial charge in [-0.1, -0.05) is 115 Å². The molecular formula is C62H71ClN10O9. The normalized spacial score (nSPS) is 22.4. The van der Waals surface area contributed by atoms with E-state index in [1.807, 2.05) is 84.9 Å². The van der Waals surface area contributed by atoms with Crippen molar-refractivity contribution in [2.75, 3.05) is 32.7 Å². The summed E-state index contributed by atoms with van der Waals surface area (Å²) in [6.07, 6.45) is 1.69. The van der Waals surface area contributed by atoms with E-state index in [0.717, 1.165) is 34.9 Å². The number of piperidine rings is 1. The van der Waals surface area contributed by atoms with Gasteiger partial charge in [0.25, 0.3) is 0 Å². The minimum atomic E-state index is -1.37. The number of halogens is 1. The molecule has 7 amide bonds. The Bertz CT molecular complexity index is 3140. The third kappa shape index (κ3) is 16.0. The van der Waals surface area contributed by atoms with Gasteiger partial charge < -0.3 is 62.3 Å². The lowest BCUT2D eigenvalue weighted by molar-refractivity contribution is -0.143. The third-order valence-electron chi connectivity index (χ3n) is 15.3. The highest BCUT2D eigenvalue weighted by atomic mass is 35.5. The van der Waals surface area contributed by atoms with E-state index < -0.39 is 83.9 Å². The van der Waals surface area contributed by atoms with Crippen molar-refractivity contribution in [2.45, 2.75) is 107 Å². The van der Waals surface area contributed by atoms with Gasteiger partial charge in [0.1, 0.15) is 54.7 Å². The standard InChI is InChI=1S/C62H71ClN10O9/c63-45-20-15-40(16-21-45)33-54-61(79)73-37-47(82-62(80)66-30-27-64)35-55(73)60(78)68-50(24-19-39-9-3-1-4-10-39)56(74)71-53(34-44-36-67-49-14-8-7-13-48(44)49)59(77)70-52(32-42-25-28-65-29-26-42)57(75)69-51(58(76)72-54)31-41-17-22-46(23-18-41)81-38-43-11-5-2-6-12-43/h1-18,20-23,36,42,47,50-55,65,67H,19,24-35,37-38,64H2,(H,66,80)(H,68,78)(H,69,75)(H,70,77)(H,71,74)(H,72,76)/t47-,50+,51+,52+,53-,54+,55+/m1/s1. The highest BCUT2D eigenvalue weighted by Gasteiger charge is 2.45. The molecule has 3 aliphatic heterocycles. The summed E-state index contributed by atoms with van der Waals surface area (Å²) in [5.41, 5.74) is 10.3. The number of ether oxygens (including phenoxy) is 2. The fraction of sp³-hybridized carbons (Fsp3) is 0.371. The van der Waals surface area contributed by atoms with E-state index >= 15 is 28.8 Å². The number of para-hydroxylation sites is 1. The zero-order chi connectivity index (χ0) is 57.4. The van der Waals surface area contributed by atoms with Crippen LogP contribution in [0.15, 0.2) is 140 Å². The second-order valence-electron chi connectivity index (χ2n) is 21.3. The van der Waals surface area contributed by atoms with Crippen molar-refractivity contribution in [1.29, 1.82) is 0 Å². The number of carbonyl (C=O) groups excluding carboxylic acids is 7. The number of rotatable bonds is 17. The largest absolute Gasteiger partial charge is 0.489 e. The Morgan fingerprint density at radius 2 is 1.20 bits per heavy atom. The summed E-state index contributed by atoms with van der Waals surface area (Å²) >= 11 is 6.32. The lowest BCUT2D eigenvalue weighted by atomic mass is 9.90. The molecule has 20 heteroatoms. The monoisotopic (exact) mass is 1130 g/mol. The van der Waals surface area contributed by atoms with Gasteiger partial charge in [0.05, 0.1) is 6.54 Å². The van der Waals surface area contributed by atoms with Gasteiger partial charge in [-0.15, -0.1) is 0 Å². The molecule has 3 aliphatic rings. The van der Waals surface area contributed by atoms with Crippen molar-refractivity contribution >= 4 is 64.0 Å². The average Bonchev–Trinajstić information content (AvgIpc) is 4.34. The van der Waals surface area contributed by atoms with E-state index in [4.69, 9.17) is 26.8 Å². The SMILES string of the molecule is NCCNC(=O)O[C@@H]1C[C@H]2C(=O)N[C@@H](CCc3ccccc3)C(=O)N[C@H](Cc3c[nH]c4ccccc34)C(=O)N[C@@H](CC3CCNCC3)C(=O)N[C@@H](Cc3ccc(OCc4ccccc4)cc3)C(=O)N[C@@H](Cc3ccc(Cl)cc3)C(=O)N2C1. The summed E-state index contributed by atoms with van der Waals surface area (Å²) < 4.78 is 11.9. The van der Waals surface area contributed by atoms with Crippen LogP contribution >= 0.6 is 11.6 Å². The maximum Gasteiger partial charge on any atom is 0.407 e. The lowest BCUT2D eigenvalue weighted by Gasteiger charge is -2.32. The predicted octanol–water partition coefficient (Wildman–Crippen LogP) is 4.54. The number of nitrogens with one attached hydrogen (secondary N) is 8. The molecule has 0 radical (unpaired) electrons. The number of hydrogen-bond donors (Lipinski definition) is 9. The van der Waals surface area contributed by atoms with E-state index in [1.54, 1.807) is 54.7 Å². The molecule has 9 rings (SSSR count). The van der Waals surface area contributed by atoms with Crippen molar-refractivity contribution in [2.24, 2.45) is 11.7 Å². The van der Waals surface area contributed by atoms with Crippen LogP contribution in [0, 0.1) is 5.92 Å². The Labute approximate surface area is 481 Å². The number of amides is 7. The van der Waals surface area contributed by atoms with E-state index in [0.29, 0.717) is 53.6 Å². The quantitative estimate of drug-likeness (QED) is 0.0612. The number of hydrogen-bond acceptors (Lipinski definition) is 11. The van der Waals surface area contributed by atoms with Gasteiger partial charge in [-0.05, 0) is 109 Å². The molecule has 3 fully saturated rings. The fourth-order valence-corrected chi connectivity index (χ4v) is 11.0. The van der Waals surface area contributed by atoms with Gasteiger partial charge in [0.2, 0.25) is 35.4 Å². The van der Waals surface area contributed by atoms with Crippen LogP contribution in [0.1, 0.15) is 59.9 Å². The molecule has 10 N–H and O–H groups in total. The van der Waals surface area contributed by atoms with E-state index in [-0.39, 0.29) is 64.1 Å². The second-order valence-corrected chi connectivity index (χ2v) is 21.7. The second kappa shape index (κ2) is 28.4. The maximum atomic E-state index is 15.5. The lowest BCUT2D eigenvalue weighted by Crippen LogP contribution is -2.62. The number of aryl methyl sites for hydroxylation is 1. The Morgan fingerprint density at radius 3 is 1.89 bits per heavy atom. The summed E-state index contributed by atoms with van der Waals surface area (Å²) in [6, 6.07) is 32.7. The molecule has 0 bridgehead atoms. The molecule has 0 aliphatic carbocycles. The highest BCUT2D eigenvalue weighted by Crippen LogP contribution is 2.26. The molecule has 0 unspecified atom stereocenters. The molecule has 7 atom stereocenters. The van der Waals surface area contributed by atoms with Gasteiger partial charge in [0, 0.05) is 60.9 Å². The van der Waals surface area contributed by atoms with Gasteiger partial charge >= 0.3 is 6.09 Å². The number of benzene rings is 5. The zero-order valence-corrected chi connectivity index (χ0v) is 46.3. The summed E-state index contributed by atoms with van der Waals surface area (Å²) in [7, 11) is 0. The molecule has 0 spiro atoms. The van der Waals surface area contributed by atoms with Crippen LogP contribution in [-0.4, -0.2) is 126 Å². The van der Waals surface area contributed by atoms with Crippen molar-refractivity contribution in [1.82, 2.24) is 47.1 Å². The number of carbonyl (C=O) groups is 7. The van der Waals surface area contributed by atoms with Gasteiger partial charge in [0.15, 0.2) is 0 Å². The number of aromatic amines is 1. The van der Waals surface area contributed by atoms with E-state index in [9.17, 15) is 4.79 Å². The summed E-state index contributed by atoms with van der Waals surface area (Å²) in [5, 5.41) is 22.1. The average molecular weight is 1140 g/mol. The van der Waals surface area contributed by atoms with Crippen molar-refractivity contribution in [3.05, 3.63) is 172 Å². The number of alkyl carbamates (subject to hydrolysis) is 1. The molecule has 1 aromatic heterocycles. The van der Waals surface area contributed by atoms with Crippen LogP contribution in [0.4, 0.5) is 4.79 Å². The summed E-state index contributed by atoms with van der Waals surface area (Å²) in [5.74, 6) is -3.55. The molecule has 19 nitrogen and oxygen atoms in total. The van der Waals surface area contributed by atoms with Crippen molar-refractivity contribution in [3.63, 3.8) is 0 Å². The summed E-state index contributed by atoms with van der Waals surface area (Å²) in [6.45, 7) is 1.70. The van der Waals surface area contributed by atoms with Crippen LogP contribution < -0.4 is 47.7 Å². The molecule has 430 valence electrons. The minimum absolute atomic E-state index is 0.000528. The van der Waals surface area contributed by atoms with Gasteiger partial charge in [-0.25, -0.2) is 4.79 Å². The first-order chi connectivity index (χ1) is 39.8. The number of H-pyrrole nitrogens is 1. The molecule has 5 aromatic carbocycles. The maximum absolute atomic E-state index is 15.5. The molecular weight excluding hydrogens is 1060 g/mol. The molecule has 4 heterocycles. The summed E-state index contributed by atoms with van der Waals surface area (Å²) in [4.78, 5) is 109. The predicted molar refractivity (Wildman–Crippen MR) is 310 cm³/mol. The van der Waals surface area contributed by atoms with Crippen LogP contribution in [0.25, 0.3) is 10.9 Å². The molecule has 82 heavy (non-hydrogen) atoms. The Morgan fingerprint density at radius 1 is 0.622 bits per heavy atom. The minimum Gasteiger partial charge on any atom is -0.489 e. The van der Waals surface area contributed by atoms with E-state index in [1.165, 1.54) is 4.90 Å². The van der Waals surface area contributed by atoms with Crippen molar-refractivity contribution in [3.8, 4) is 5.75 Å². The number of nitrogens with zero attached hydrogens (tertiary/aromatic N) is 1. The molecule has 3 saturated heterocycles. The van der Waals surface area contributed by atoms with Gasteiger partial charge in [-0.3, -0.25) is 28.8 Å². The first-order valence-electron chi connectivity index (χ1n) is 28.1. The van der Waals surface area contributed by atoms with Gasteiger partial charge in [-0.2, -0.15) is 0 Å². The van der Waals surface area contributed by atoms with Crippen LogP contribution in [0.3, 0.4) is 0 Å². The Hall–Kier alpha value is -8.26. The van der Waals surface area contributed by atoms with Crippen LogP contribution in [0.5, 0.6) is 5.75 Å². The number of nitrogens with two attached hydrogens (primary N) is 1. The zero-order valence-electron chi connectivity index (χ0n) is 45.6. The fourth-order valence-electron chi connectivity index (χ4n) is 10.9. The number of fused-ring (bicyclic) bond motifs is 2.